The highest BCUT2D eigenvalue weighted by molar-refractivity contribution is 5.90. The van der Waals surface area contributed by atoms with Gasteiger partial charge in [-0.05, 0) is 12.5 Å². The Morgan fingerprint density at radius 3 is 2.57 bits per heavy atom. The van der Waals surface area contributed by atoms with Gasteiger partial charge in [-0.1, -0.05) is 35.5 Å². The minimum atomic E-state index is -0.323. The van der Waals surface area contributed by atoms with E-state index in [9.17, 15) is 0 Å². The van der Waals surface area contributed by atoms with Crippen LogP contribution in [-0.4, -0.2) is 12.8 Å². The lowest BCUT2D eigenvalue weighted by Crippen LogP contribution is -2.07. The lowest BCUT2D eigenvalue weighted by molar-refractivity contribution is 0.212. The van der Waals surface area contributed by atoms with E-state index in [4.69, 9.17) is 5.26 Å². The van der Waals surface area contributed by atoms with Gasteiger partial charge in [-0.25, -0.2) is 0 Å². The van der Waals surface area contributed by atoms with E-state index >= 15 is 0 Å². The lowest BCUT2D eigenvalue weighted by Gasteiger charge is -2.07. The molecule has 0 aliphatic heterocycles. The number of rotatable bonds is 3. The first-order valence-corrected chi connectivity index (χ1v) is 4.31. The van der Waals surface area contributed by atoms with E-state index in [1.54, 1.807) is 6.92 Å². The van der Waals surface area contributed by atoms with E-state index in [1.807, 2.05) is 30.3 Å². The van der Waals surface area contributed by atoms with Gasteiger partial charge < -0.3 is 4.84 Å². The Kier molecular flexibility index (Phi) is 3.69. The SMILES string of the molecule is CO/N=C(\C)C(C#N)c1ccccc1. The van der Waals surface area contributed by atoms with Crippen molar-refractivity contribution in [1.82, 2.24) is 0 Å². The molecule has 1 aromatic carbocycles. The molecule has 1 atom stereocenters. The molecule has 0 fully saturated rings. The zero-order valence-corrected chi connectivity index (χ0v) is 8.27. The van der Waals surface area contributed by atoms with Crippen LogP contribution in [0, 0.1) is 11.3 Å². The summed E-state index contributed by atoms with van der Waals surface area (Å²) in [5.74, 6) is -0.323. The van der Waals surface area contributed by atoms with Gasteiger partial charge in [0.2, 0.25) is 0 Å². The molecule has 0 amide bonds. The fourth-order valence-electron chi connectivity index (χ4n) is 1.25. The Labute approximate surface area is 83.6 Å². The molecule has 3 heteroatoms. The average Bonchev–Trinajstić information content (AvgIpc) is 2.21. The molecule has 72 valence electrons. The van der Waals surface area contributed by atoms with E-state index < -0.39 is 0 Å². The summed E-state index contributed by atoms with van der Waals surface area (Å²) in [6.45, 7) is 1.78. The summed E-state index contributed by atoms with van der Waals surface area (Å²) >= 11 is 0. The summed E-state index contributed by atoms with van der Waals surface area (Å²) in [5.41, 5.74) is 1.61. The molecule has 0 bridgehead atoms. The monoisotopic (exact) mass is 188 g/mol. The van der Waals surface area contributed by atoms with E-state index in [-0.39, 0.29) is 5.92 Å². The minimum Gasteiger partial charge on any atom is -0.399 e. The smallest absolute Gasteiger partial charge is 0.112 e. The third kappa shape index (κ3) is 2.33. The quantitative estimate of drug-likeness (QED) is 0.539. The maximum Gasteiger partial charge on any atom is 0.112 e. The van der Waals surface area contributed by atoms with Crippen molar-refractivity contribution < 1.29 is 4.84 Å². The van der Waals surface area contributed by atoms with Gasteiger partial charge in [-0.15, -0.1) is 0 Å². The van der Waals surface area contributed by atoms with Crippen LogP contribution in [0.3, 0.4) is 0 Å². The number of hydrogen-bond donors (Lipinski definition) is 0. The number of nitriles is 1. The highest BCUT2D eigenvalue weighted by Crippen LogP contribution is 2.16. The molecular weight excluding hydrogens is 176 g/mol. The molecule has 0 aliphatic carbocycles. The Morgan fingerprint density at radius 2 is 2.07 bits per heavy atom. The standard InChI is InChI=1S/C11H12N2O/c1-9(13-14-2)11(8-12)10-6-4-3-5-7-10/h3-7,11H,1-2H3/b13-9+. The molecule has 0 N–H and O–H groups in total. The Balaban J connectivity index is 2.95. The summed E-state index contributed by atoms with van der Waals surface area (Å²) in [7, 11) is 1.48. The summed E-state index contributed by atoms with van der Waals surface area (Å²) in [6, 6.07) is 11.7. The first kappa shape index (κ1) is 10.3. The van der Waals surface area contributed by atoms with Gasteiger partial charge in [-0.3, -0.25) is 0 Å². The maximum absolute atomic E-state index is 8.99. The van der Waals surface area contributed by atoms with Crippen LogP contribution >= 0.6 is 0 Å². The molecule has 0 radical (unpaired) electrons. The fraction of sp³-hybridized carbons (Fsp3) is 0.273. The predicted octanol–water partition coefficient (Wildman–Crippen LogP) is 2.32. The molecule has 3 nitrogen and oxygen atoms in total. The molecule has 0 aliphatic rings. The van der Waals surface area contributed by atoms with Crippen LogP contribution in [0.1, 0.15) is 18.4 Å². The van der Waals surface area contributed by atoms with Gasteiger partial charge in [0.25, 0.3) is 0 Å². The zero-order valence-electron chi connectivity index (χ0n) is 8.27. The van der Waals surface area contributed by atoms with E-state index in [1.165, 1.54) is 7.11 Å². The molecule has 0 heterocycles. The van der Waals surface area contributed by atoms with Crippen LogP contribution < -0.4 is 0 Å². The van der Waals surface area contributed by atoms with Crippen LogP contribution in [-0.2, 0) is 4.84 Å². The van der Waals surface area contributed by atoms with E-state index in [0.717, 1.165) is 5.56 Å². The largest absolute Gasteiger partial charge is 0.399 e. The van der Waals surface area contributed by atoms with E-state index in [2.05, 4.69) is 16.1 Å². The Bertz CT molecular complexity index is 351. The van der Waals surface area contributed by atoms with Crippen LogP contribution in [0.2, 0.25) is 0 Å². The van der Waals surface area contributed by atoms with Crippen molar-refractivity contribution in [2.45, 2.75) is 12.8 Å². The highest BCUT2D eigenvalue weighted by atomic mass is 16.6. The van der Waals surface area contributed by atoms with Crippen LogP contribution in [0.4, 0.5) is 0 Å². The number of benzene rings is 1. The van der Waals surface area contributed by atoms with Crippen LogP contribution in [0.25, 0.3) is 0 Å². The molecule has 14 heavy (non-hydrogen) atoms. The van der Waals surface area contributed by atoms with Crippen molar-refractivity contribution in [3.8, 4) is 6.07 Å². The summed E-state index contributed by atoms with van der Waals surface area (Å²) in [6.07, 6.45) is 0. The molecule has 1 rings (SSSR count). The normalized spacial score (nSPS) is 13.1. The lowest BCUT2D eigenvalue weighted by atomic mass is 9.97. The minimum absolute atomic E-state index is 0.323. The number of nitrogens with zero attached hydrogens (tertiary/aromatic N) is 2. The summed E-state index contributed by atoms with van der Waals surface area (Å²) < 4.78 is 0. The van der Waals surface area contributed by atoms with Gasteiger partial charge in [0.05, 0.1) is 11.8 Å². The second kappa shape index (κ2) is 5.03. The van der Waals surface area contributed by atoms with Crippen molar-refractivity contribution in [2.24, 2.45) is 5.16 Å². The topological polar surface area (TPSA) is 45.4 Å². The average molecular weight is 188 g/mol. The maximum atomic E-state index is 8.99. The van der Waals surface area contributed by atoms with Crippen molar-refractivity contribution in [1.29, 1.82) is 5.26 Å². The third-order valence-electron chi connectivity index (χ3n) is 1.92. The van der Waals surface area contributed by atoms with Crippen LogP contribution in [0.5, 0.6) is 0 Å². The summed E-state index contributed by atoms with van der Waals surface area (Å²) in [5, 5.41) is 12.8. The molecule has 0 saturated carbocycles. The molecular formula is C11H12N2O. The Morgan fingerprint density at radius 1 is 1.43 bits per heavy atom. The van der Waals surface area contributed by atoms with Crippen LogP contribution in [0.15, 0.2) is 35.5 Å². The highest BCUT2D eigenvalue weighted by Gasteiger charge is 2.13. The number of oxime groups is 1. The molecule has 1 unspecified atom stereocenters. The van der Waals surface area contributed by atoms with Gasteiger partial charge in [0.1, 0.15) is 13.0 Å². The van der Waals surface area contributed by atoms with Gasteiger partial charge in [0.15, 0.2) is 0 Å². The Hall–Kier alpha value is -1.82. The van der Waals surface area contributed by atoms with Gasteiger partial charge in [0, 0.05) is 0 Å². The molecule has 0 aromatic heterocycles. The predicted molar refractivity (Wildman–Crippen MR) is 54.9 cm³/mol. The third-order valence-corrected chi connectivity index (χ3v) is 1.92. The van der Waals surface area contributed by atoms with E-state index in [0.29, 0.717) is 5.71 Å². The molecule has 0 spiro atoms. The summed E-state index contributed by atoms with van der Waals surface area (Å²) in [4.78, 5) is 4.64. The van der Waals surface area contributed by atoms with Crippen molar-refractivity contribution >= 4 is 5.71 Å². The second-order valence-electron chi connectivity index (χ2n) is 2.89. The van der Waals surface area contributed by atoms with Gasteiger partial charge >= 0.3 is 0 Å². The molecule has 1 aromatic rings. The second-order valence-corrected chi connectivity index (χ2v) is 2.89. The molecule has 0 saturated heterocycles. The first-order chi connectivity index (χ1) is 6.79. The van der Waals surface area contributed by atoms with Gasteiger partial charge in [-0.2, -0.15) is 5.26 Å². The van der Waals surface area contributed by atoms with Crippen molar-refractivity contribution in [3.63, 3.8) is 0 Å². The van der Waals surface area contributed by atoms with Crippen molar-refractivity contribution in [3.05, 3.63) is 35.9 Å². The van der Waals surface area contributed by atoms with Crippen molar-refractivity contribution in [2.75, 3.05) is 7.11 Å². The first-order valence-electron chi connectivity index (χ1n) is 4.31. The fourth-order valence-corrected chi connectivity index (χ4v) is 1.25. The number of hydrogen-bond acceptors (Lipinski definition) is 3. The zero-order chi connectivity index (χ0) is 10.4.